The molecule has 1 aliphatic heterocycles. The predicted molar refractivity (Wildman–Crippen MR) is 70.7 cm³/mol. The second-order valence-corrected chi connectivity index (χ2v) is 5.39. The van der Waals surface area contributed by atoms with Gasteiger partial charge in [0.1, 0.15) is 0 Å². The molecule has 2 nitrogen and oxygen atoms in total. The van der Waals surface area contributed by atoms with Crippen LogP contribution in [0.25, 0.3) is 0 Å². The predicted octanol–water partition coefficient (Wildman–Crippen LogP) is 3.06. The average Bonchev–Trinajstić information content (AvgIpc) is 2.20. The number of hydrogen-bond donors (Lipinski definition) is 1. The lowest BCUT2D eigenvalue weighted by Gasteiger charge is -2.36. The van der Waals surface area contributed by atoms with Crippen LogP contribution < -0.4 is 10.6 Å². The van der Waals surface area contributed by atoms with E-state index >= 15 is 0 Å². The number of piperidine rings is 1. The summed E-state index contributed by atoms with van der Waals surface area (Å²) in [5.41, 5.74) is 9.25. The van der Waals surface area contributed by atoms with E-state index in [9.17, 15) is 0 Å². The van der Waals surface area contributed by atoms with Crippen LogP contribution in [0.15, 0.2) is 18.2 Å². The topological polar surface area (TPSA) is 29.3 Å². The van der Waals surface area contributed by atoms with Crippen molar-refractivity contribution in [3.05, 3.63) is 23.8 Å². The van der Waals surface area contributed by atoms with Crippen molar-refractivity contribution in [2.45, 2.75) is 27.2 Å². The van der Waals surface area contributed by atoms with E-state index in [1.807, 2.05) is 6.07 Å². The van der Waals surface area contributed by atoms with Crippen LogP contribution in [0.1, 0.15) is 25.8 Å². The van der Waals surface area contributed by atoms with Crippen molar-refractivity contribution in [3.63, 3.8) is 0 Å². The zero-order valence-corrected chi connectivity index (χ0v) is 10.5. The number of anilines is 2. The van der Waals surface area contributed by atoms with E-state index in [4.69, 9.17) is 5.73 Å². The van der Waals surface area contributed by atoms with E-state index in [1.165, 1.54) is 30.8 Å². The average molecular weight is 218 g/mol. The molecule has 2 unspecified atom stereocenters. The maximum atomic E-state index is 5.85. The molecule has 0 saturated carbocycles. The van der Waals surface area contributed by atoms with Crippen molar-refractivity contribution in [3.8, 4) is 0 Å². The molecule has 1 fully saturated rings. The van der Waals surface area contributed by atoms with Gasteiger partial charge in [0.05, 0.1) is 0 Å². The van der Waals surface area contributed by atoms with E-state index in [0.29, 0.717) is 0 Å². The Morgan fingerprint density at radius 3 is 2.38 bits per heavy atom. The van der Waals surface area contributed by atoms with Crippen LogP contribution in [0, 0.1) is 18.8 Å². The maximum absolute atomic E-state index is 5.85. The number of nitrogens with two attached hydrogens (primary N) is 1. The fourth-order valence-corrected chi connectivity index (χ4v) is 2.73. The molecule has 2 N–H and O–H groups in total. The molecule has 16 heavy (non-hydrogen) atoms. The highest BCUT2D eigenvalue weighted by Gasteiger charge is 2.21. The Balaban J connectivity index is 2.19. The van der Waals surface area contributed by atoms with Crippen molar-refractivity contribution in [2.75, 3.05) is 23.7 Å². The van der Waals surface area contributed by atoms with Crippen LogP contribution >= 0.6 is 0 Å². The first-order valence-electron chi connectivity index (χ1n) is 6.17. The third kappa shape index (κ3) is 2.31. The number of nitrogens with zero attached hydrogens (tertiary/aromatic N) is 1. The van der Waals surface area contributed by atoms with Crippen molar-refractivity contribution < 1.29 is 0 Å². The maximum Gasteiger partial charge on any atom is 0.0370 e. The number of aryl methyl sites for hydroxylation is 1. The van der Waals surface area contributed by atoms with Gasteiger partial charge in [-0.3, -0.25) is 0 Å². The van der Waals surface area contributed by atoms with Gasteiger partial charge >= 0.3 is 0 Å². The quantitative estimate of drug-likeness (QED) is 0.734. The summed E-state index contributed by atoms with van der Waals surface area (Å²) in [5.74, 6) is 1.59. The second-order valence-electron chi connectivity index (χ2n) is 5.39. The second kappa shape index (κ2) is 4.36. The minimum Gasteiger partial charge on any atom is -0.399 e. The van der Waals surface area contributed by atoms with Crippen molar-refractivity contribution in [1.29, 1.82) is 0 Å². The number of rotatable bonds is 1. The van der Waals surface area contributed by atoms with E-state index in [-0.39, 0.29) is 0 Å². The molecule has 0 spiro atoms. The third-order valence-corrected chi connectivity index (χ3v) is 3.49. The highest BCUT2D eigenvalue weighted by atomic mass is 15.1. The summed E-state index contributed by atoms with van der Waals surface area (Å²) in [6, 6.07) is 6.38. The fraction of sp³-hybridized carbons (Fsp3) is 0.571. The highest BCUT2D eigenvalue weighted by Crippen LogP contribution is 2.28. The molecule has 88 valence electrons. The summed E-state index contributed by atoms with van der Waals surface area (Å²) in [7, 11) is 0. The van der Waals surface area contributed by atoms with E-state index in [0.717, 1.165) is 17.5 Å². The molecule has 1 heterocycles. The van der Waals surface area contributed by atoms with Gasteiger partial charge in [0.25, 0.3) is 0 Å². The summed E-state index contributed by atoms with van der Waals surface area (Å²) in [6.45, 7) is 9.11. The molecule has 2 rings (SSSR count). The molecule has 2 atom stereocenters. The normalized spacial score (nSPS) is 25.8. The van der Waals surface area contributed by atoms with Crippen LogP contribution in [0.5, 0.6) is 0 Å². The lowest BCUT2D eigenvalue weighted by molar-refractivity contribution is 0.357. The minimum absolute atomic E-state index is 0.793. The molecule has 1 saturated heterocycles. The zero-order chi connectivity index (χ0) is 11.7. The van der Waals surface area contributed by atoms with Gasteiger partial charge in [-0.15, -0.1) is 0 Å². The molecule has 0 radical (unpaired) electrons. The summed E-state index contributed by atoms with van der Waals surface area (Å²) in [5, 5.41) is 0. The van der Waals surface area contributed by atoms with E-state index in [1.54, 1.807) is 0 Å². The first-order valence-corrected chi connectivity index (χ1v) is 6.17. The van der Waals surface area contributed by atoms with Crippen molar-refractivity contribution in [2.24, 2.45) is 11.8 Å². The smallest absolute Gasteiger partial charge is 0.0370 e. The Kier molecular flexibility index (Phi) is 3.08. The summed E-state index contributed by atoms with van der Waals surface area (Å²) < 4.78 is 0. The first-order chi connectivity index (χ1) is 7.56. The zero-order valence-electron chi connectivity index (χ0n) is 10.5. The third-order valence-electron chi connectivity index (χ3n) is 3.49. The number of benzene rings is 1. The molecule has 2 heteroatoms. The van der Waals surface area contributed by atoms with Gasteiger partial charge in [0.2, 0.25) is 0 Å². The Bertz CT molecular complexity index is 363. The van der Waals surface area contributed by atoms with E-state index < -0.39 is 0 Å². The van der Waals surface area contributed by atoms with Crippen LogP contribution in [-0.2, 0) is 0 Å². The Hall–Kier alpha value is -1.18. The van der Waals surface area contributed by atoms with Gasteiger partial charge in [-0.1, -0.05) is 13.8 Å². The van der Waals surface area contributed by atoms with Crippen LogP contribution in [-0.4, -0.2) is 13.1 Å². The molecular weight excluding hydrogens is 196 g/mol. The molecular formula is C14H22N2. The fourth-order valence-electron chi connectivity index (χ4n) is 2.73. The van der Waals surface area contributed by atoms with E-state index in [2.05, 4.69) is 37.8 Å². The number of hydrogen-bond acceptors (Lipinski definition) is 2. The Morgan fingerprint density at radius 1 is 1.19 bits per heavy atom. The molecule has 1 aromatic rings. The largest absolute Gasteiger partial charge is 0.399 e. The van der Waals surface area contributed by atoms with Crippen LogP contribution in [0.3, 0.4) is 0 Å². The summed E-state index contributed by atoms with van der Waals surface area (Å²) in [6.07, 6.45) is 1.35. The molecule has 0 amide bonds. The van der Waals surface area contributed by atoms with Gasteiger partial charge in [-0.2, -0.15) is 0 Å². The molecule has 1 aliphatic rings. The minimum atomic E-state index is 0.793. The number of nitrogen functional groups attached to an aromatic ring is 1. The Morgan fingerprint density at radius 2 is 1.81 bits per heavy atom. The van der Waals surface area contributed by atoms with Crippen LogP contribution in [0.4, 0.5) is 11.4 Å². The van der Waals surface area contributed by atoms with Crippen molar-refractivity contribution in [1.82, 2.24) is 0 Å². The first kappa shape index (κ1) is 11.3. The summed E-state index contributed by atoms with van der Waals surface area (Å²) in [4.78, 5) is 2.49. The molecule has 0 bridgehead atoms. The van der Waals surface area contributed by atoms with Gasteiger partial charge in [0.15, 0.2) is 0 Å². The molecule has 1 aromatic carbocycles. The molecule has 0 aromatic heterocycles. The standard InChI is InChI=1S/C14H22N2/c1-10-6-11(2)9-16(8-10)13-4-5-14(15)12(3)7-13/h4-5,7,10-11H,6,8-9,15H2,1-3H3. The van der Waals surface area contributed by atoms with Gasteiger partial charge in [0, 0.05) is 24.5 Å². The summed E-state index contributed by atoms with van der Waals surface area (Å²) >= 11 is 0. The van der Waals surface area contributed by atoms with Gasteiger partial charge in [-0.25, -0.2) is 0 Å². The van der Waals surface area contributed by atoms with Crippen molar-refractivity contribution >= 4 is 11.4 Å². The van der Waals surface area contributed by atoms with Gasteiger partial charge in [-0.05, 0) is 48.9 Å². The van der Waals surface area contributed by atoms with Gasteiger partial charge < -0.3 is 10.6 Å². The Labute approximate surface area is 98.4 Å². The van der Waals surface area contributed by atoms with Crippen LogP contribution in [0.2, 0.25) is 0 Å². The molecule has 0 aliphatic carbocycles. The lowest BCUT2D eigenvalue weighted by Crippen LogP contribution is -2.38. The monoisotopic (exact) mass is 218 g/mol. The SMILES string of the molecule is Cc1cc(N2CC(C)CC(C)C2)ccc1N. The lowest BCUT2D eigenvalue weighted by atomic mass is 9.91. The highest BCUT2D eigenvalue weighted by molar-refractivity contribution is 5.58.